The molecular formula is C21H16Cl2N4O3S. The van der Waals surface area contributed by atoms with Crippen molar-refractivity contribution in [2.24, 2.45) is 4.99 Å². The van der Waals surface area contributed by atoms with Crippen LogP contribution in [0.2, 0.25) is 10.0 Å². The van der Waals surface area contributed by atoms with Gasteiger partial charge >= 0.3 is 5.97 Å². The number of halogens is 2. The van der Waals surface area contributed by atoms with Gasteiger partial charge in [-0.2, -0.15) is 4.68 Å². The van der Waals surface area contributed by atoms with E-state index in [0.717, 1.165) is 10.2 Å². The van der Waals surface area contributed by atoms with Crippen LogP contribution in [0.5, 0.6) is 0 Å². The first-order valence-corrected chi connectivity index (χ1v) is 10.7. The standard InChI is InChI=1S/C21H16Cl2N4O3S/c1-11(24-12-7-8-13(22)14(23)9-12)19-16(10-18(28)30-2)26-27(20(19)29)21-25-15-5-3-4-6-17(15)31-21/h3-9,26H,10H2,1-2H3. The third-order valence-corrected chi connectivity index (χ3v) is 6.31. The number of ether oxygens (including phenoxy) is 1. The number of methoxy groups -OCH3 is 1. The van der Waals surface area contributed by atoms with E-state index < -0.39 is 5.97 Å². The first kappa shape index (κ1) is 21.3. The van der Waals surface area contributed by atoms with E-state index in [-0.39, 0.29) is 17.5 Å². The fraction of sp³-hybridized carbons (Fsp3) is 0.143. The zero-order chi connectivity index (χ0) is 22.1. The van der Waals surface area contributed by atoms with Gasteiger partial charge in [0.25, 0.3) is 5.56 Å². The number of esters is 1. The number of carbonyl (C=O) groups excluding carboxylic acids is 1. The van der Waals surface area contributed by atoms with Gasteiger partial charge in [0.2, 0.25) is 5.13 Å². The summed E-state index contributed by atoms with van der Waals surface area (Å²) in [6, 6.07) is 12.5. The average Bonchev–Trinajstić information content (AvgIpc) is 3.31. The molecule has 7 nitrogen and oxygen atoms in total. The maximum Gasteiger partial charge on any atom is 0.311 e. The molecule has 0 radical (unpaired) electrons. The Morgan fingerprint density at radius 3 is 2.71 bits per heavy atom. The molecule has 4 rings (SSSR count). The molecule has 0 amide bonds. The molecule has 10 heteroatoms. The quantitative estimate of drug-likeness (QED) is 0.327. The van der Waals surface area contributed by atoms with Gasteiger partial charge < -0.3 is 4.74 Å². The summed E-state index contributed by atoms with van der Waals surface area (Å²) in [5.41, 5.74) is 2.02. The van der Waals surface area contributed by atoms with Gasteiger partial charge in [-0.3, -0.25) is 19.7 Å². The van der Waals surface area contributed by atoms with Gasteiger partial charge in [0.15, 0.2) is 0 Å². The van der Waals surface area contributed by atoms with Crippen LogP contribution in [0.15, 0.2) is 52.3 Å². The van der Waals surface area contributed by atoms with E-state index >= 15 is 0 Å². The van der Waals surface area contributed by atoms with Gasteiger partial charge in [0, 0.05) is 0 Å². The van der Waals surface area contributed by atoms with E-state index in [1.807, 2.05) is 24.3 Å². The number of H-pyrrole nitrogens is 1. The SMILES string of the molecule is COC(=O)Cc1[nH]n(-c2nc3ccccc3s2)c(=O)c1C(C)=Nc1ccc(Cl)c(Cl)c1. The first-order valence-electron chi connectivity index (χ1n) is 9.14. The van der Waals surface area contributed by atoms with E-state index in [1.165, 1.54) is 23.1 Å². The number of hydrogen-bond donors (Lipinski definition) is 1. The van der Waals surface area contributed by atoms with Crippen molar-refractivity contribution in [1.82, 2.24) is 14.8 Å². The molecule has 2 heterocycles. The number of benzene rings is 2. The lowest BCUT2D eigenvalue weighted by Gasteiger charge is -2.03. The van der Waals surface area contributed by atoms with Crippen molar-refractivity contribution >= 4 is 62.1 Å². The van der Waals surface area contributed by atoms with Crippen LogP contribution in [0.1, 0.15) is 18.2 Å². The second-order valence-corrected chi connectivity index (χ2v) is 8.44. The zero-order valence-corrected chi connectivity index (χ0v) is 18.8. The summed E-state index contributed by atoms with van der Waals surface area (Å²) < 4.78 is 7.05. The van der Waals surface area contributed by atoms with Crippen LogP contribution in [-0.2, 0) is 16.0 Å². The van der Waals surface area contributed by atoms with Crippen molar-refractivity contribution < 1.29 is 9.53 Å². The van der Waals surface area contributed by atoms with Crippen LogP contribution in [-0.4, -0.2) is 33.6 Å². The molecular weight excluding hydrogens is 459 g/mol. The lowest BCUT2D eigenvalue weighted by Crippen LogP contribution is -2.19. The number of aromatic nitrogens is 3. The van der Waals surface area contributed by atoms with E-state index in [1.54, 1.807) is 25.1 Å². The van der Waals surface area contributed by atoms with Crippen molar-refractivity contribution in [3.63, 3.8) is 0 Å². The largest absolute Gasteiger partial charge is 0.469 e. The number of nitrogens with zero attached hydrogens (tertiary/aromatic N) is 3. The minimum absolute atomic E-state index is 0.118. The summed E-state index contributed by atoms with van der Waals surface area (Å²) in [5.74, 6) is -0.485. The number of fused-ring (bicyclic) bond motifs is 1. The highest BCUT2D eigenvalue weighted by atomic mass is 35.5. The molecule has 158 valence electrons. The summed E-state index contributed by atoms with van der Waals surface area (Å²) in [6.07, 6.45) is -0.118. The molecule has 4 aromatic rings. The molecule has 2 aromatic carbocycles. The van der Waals surface area contributed by atoms with Gasteiger partial charge in [-0.25, -0.2) is 4.98 Å². The van der Waals surface area contributed by atoms with Crippen LogP contribution in [0, 0.1) is 0 Å². The Hall–Kier alpha value is -2.94. The zero-order valence-electron chi connectivity index (χ0n) is 16.5. The van der Waals surface area contributed by atoms with Gasteiger partial charge in [0.05, 0.1) is 56.4 Å². The highest BCUT2D eigenvalue weighted by Crippen LogP contribution is 2.27. The predicted octanol–water partition coefficient (Wildman–Crippen LogP) is 4.94. The Kier molecular flexibility index (Phi) is 5.95. The smallest absolute Gasteiger partial charge is 0.311 e. The number of hydrogen-bond acceptors (Lipinski definition) is 6. The van der Waals surface area contributed by atoms with Crippen molar-refractivity contribution in [2.45, 2.75) is 13.3 Å². The van der Waals surface area contributed by atoms with Crippen molar-refractivity contribution in [2.75, 3.05) is 7.11 Å². The molecule has 0 saturated heterocycles. The van der Waals surface area contributed by atoms with E-state index in [4.69, 9.17) is 27.9 Å². The minimum atomic E-state index is -0.485. The monoisotopic (exact) mass is 474 g/mol. The Morgan fingerprint density at radius 2 is 2.00 bits per heavy atom. The lowest BCUT2D eigenvalue weighted by molar-refractivity contribution is -0.139. The summed E-state index contributed by atoms with van der Waals surface area (Å²) in [4.78, 5) is 34.3. The highest BCUT2D eigenvalue weighted by Gasteiger charge is 2.22. The summed E-state index contributed by atoms with van der Waals surface area (Å²) >= 11 is 13.4. The predicted molar refractivity (Wildman–Crippen MR) is 124 cm³/mol. The Bertz CT molecular complexity index is 1350. The van der Waals surface area contributed by atoms with Crippen molar-refractivity contribution in [3.05, 3.63) is 74.1 Å². The Balaban J connectivity index is 1.85. The number of rotatable bonds is 5. The maximum absolute atomic E-state index is 13.3. The number of carbonyl (C=O) groups is 1. The van der Waals surface area contributed by atoms with Gasteiger partial charge in [-0.1, -0.05) is 46.7 Å². The van der Waals surface area contributed by atoms with E-state index in [0.29, 0.717) is 32.3 Å². The number of aliphatic imine (C=N–C) groups is 1. The number of thiazole rings is 1. The Labute approximate surface area is 190 Å². The van der Waals surface area contributed by atoms with Gasteiger partial charge in [-0.05, 0) is 37.3 Å². The molecule has 2 aromatic heterocycles. The summed E-state index contributed by atoms with van der Waals surface area (Å²) in [5, 5.41) is 4.23. The maximum atomic E-state index is 13.3. The van der Waals surface area contributed by atoms with E-state index in [9.17, 15) is 9.59 Å². The van der Waals surface area contributed by atoms with Crippen molar-refractivity contribution in [3.8, 4) is 5.13 Å². The molecule has 0 unspecified atom stereocenters. The molecule has 0 aliphatic rings. The molecule has 0 aliphatic carbocycles. The number of aromatic amines is 1. The van der Waals surface area contributed by atoms with Crippen LogP contribution in [0.4, 0.5) is 5.69 Å². The van der Waals surface area contributed by atoms with Gasteiger partial charge in [0.1, 0.15) is 0 Å². The number of nitrogens with one attached hydrogen (secondary N) is 1. The van der Waals surface area contributed by atoms with Crippen LogP contribution in [0.25, 0.3) is 15.3 Å². The summed E-state index contributed by atoms with van der Waals surface area (Å²) in [6.45, 7) is 1.69. The fourth-order valence-electron chi connectivity index (χ4n) is 3.09. The second-order valence-electron chi connectivity index (χ2n) is 6.62. The molecule has 0 saturated carbocycles. The Morgan fingerprint density at radius 1 is 1.23 bits per heavy atom. The topological polar surface area (TPSA) is 89.3 Å². The molecule has 0 spiro atoms. The third kappa shape index (κ3) is 4.27. The van der Waals surface area contributed by atoms with E-state index in [2.05, 4.69) is 15.1 Å². The second kappa shape index (κ2) is 8.66. The normalized spacial score (nSPS) is 11.8. The average molecular weight is 475 g/mol. The number of para-hydroxylation sites is 1. The molecule has 31 heavy (non-hydrogen) atoms. The molecule has 1 N–H and O–H groups in total. The van der Waals surface area contributed by atoms with Crippen LogP contribution >= 0.6 is 34.5 Å². The van der Waals surface area contributed by atoms with Crippen LogP contribution < -0.4 is 5.56 Å². The molecule has 0 bridgehead atoms. The first-order chi connectivity index (χ1) is 14.9. The molecule has 0 atom stereocenters. The highest BCUT2D eigenvalue weighted by molar-refractivity contribution is 7.20. The fourth-order valence-corrected chi connectivity index (χ4v) is 4.31. The molecule has 0 aliphatic heterocycles. The third-order valence-electron chi connectivity index (χ3n) is 4.55. The lowest BCUT2D eigenvalue weighted by atomic mass is 10.1. The summed E-state index contributed by atoms with van der Waals surface area (Å²) in [7, 11) is 1.29. The van der Waals surface area contributed by atoms with Crippen molar-refractivity contribution in [1.29, 1.82) is 0 Å². The van der Waals surface area contributed by atoms with Crippen LogP contribution in [0.3, 0.4) is 0 Å². The molecule has 0 fully saturated rings. The van der Waals surface area contributed by atoms with Gasteiger partial charge in [-0.15, -0.1) is 0 Å². The minimum Gasteiger partial charge on any atom is -0.469 e.